The number of hydrogen-bond donors (Lipinski definition) is 0. The Kier molecular flexibility index (Phi) is 4.72. The van der Waals surface area contributed by atoms with Crippen molar-refractivity contribution in [2.75, 3.05) is 0 Å². The quantitative estimate of drug-likeness (QED) is 0.495. The third-order valence-electron chi connectivity index (χ3n) is 2.55. The van der Waals surface area contributed by atoms with Crippen LogP contribution < -0.4 is 0 Å². The molecule has 0 N–H and O–H groups in total. The molecule has 0 amide bonds. The van der Waals surface area contributed by atoms with Crippen molar-refractivity contribution in [3.63, 3.8) is 0 Å². The molecule has 0 saturated carbocycles. The molecule has 0 aromatic carbocycles. The zero-order chi connectivity index (χ0) is 13.1. The Morgan fingerprint density at radius 1 is 0.938 bits per heavy atom. The van der Waals surface area contributed by atoms with Gasteiger partial charge in [-0.2, -0.15) is 0 Å². The van der Waals surface area contributed by atoms with Gasteiger partial charge in [-0.15, -0.1) is 0 Å². The molecule has 0 heterocycles. The van der Waals surface area contributed by atoms with Gasteiger partial charge in [-0.05, 0) is 24.7 Å². The minimum atomic E-state index is 0.0374. The topological polar surface area (TPSA) is 17.1 Å². The van der Waals surface area contributed by atoms with E-state index >= 15 is 0 Å². The second-order valence-corrected chi connectivity index (χ2v) is 6.60. The molecule has 16 heavy (non-hydrogen) atoms. The second kappa shape index (κ2) is 4.99. The lowest BCUT2D eigenvalue weighted by molar-refractivity contribution is -0.113. The van der Waals surface area contributed by atoms with E-state index in [4.69, 9.17) is 0 Å². The highest BCUT2D eigenvalue weighted by Gasteiger charge is 2.15. The lowest BCUT2D eigenvalue weighted by Crippen LogP contribution is -2.10. The molecule has 0 aliphatic heterocycles. The summed E-state index contributed by atoms with van der Waals surface area (Å²) in [5.74, 6) is 0.138. The summed E-state index contributed by atoms with van der Waals surface area (Å²) >= 11 is 0. The SMILES string of the molecule is CC(=O)C(/C=C(/C)C(C)(C)C)=C/C(C)(C)C. The van der Waals surface area contributed by atoms with E-state index in [0.29, 0.717) is 0 Å². The van der Waals surface area contributed by atoms with Crippen molar-refractivity contribution in [3.8, 4) is 0 Å². The monoisotopic (exact) mass is 222 g/mol. The molecule has 0 spiro atoms. The number of hydrogen-bond acceptors (Lipinski definition) is 1. The van der Waals surface area contributed by atoms with Crippen molar-refractivity contribution in [1.29, 1.82) is 0 Å². The minimum absolute atomic E-state index is 0.0374. The van der Waals surface area contributed by atoms with Gasteiger partial charge in [0.05, 0.1) is 0 Å². The summed E-state index contributed by atoms with van der Waals surface area (Å²) in [6.45, 7) is 16.5. The van der Waals surface area contributed by atoms with E-state index in [1.807, 2.05) is 12.2 Å². The summed E-state index contributed by atoms with van der Waals surface area (Å²) in [6.07, 6.45) is 4.07. The van der Waals surface area contributed by atoms with Crippen LogP contribution in [0.2, 0.25) is 0 Å². The Labute approximate surface area is 101 Å². The maximum atomic E-state index is 11.6. The molecule has 1 heteroatoms. The van der Waals surface area contributed by atoms with Gasteiger partial charge < -0.3 is 0 Å². The van der Waals surface area contributed by atoms with Gasteiger partial charge in [0, 0.05) is 5.57 Å². The van der Waals surface area contributed by atoms with E-state index in [0.717, 1.165) is 5.57 Å². The molecular weight excluding hydrogens is 196 g/mol. The van der Waals surface area contributed by atoms with E-state index in [1.54, 1.807) is 6.92 Å². The molecule has 0 aromatic rings. The average Bonchev–Trinajstić information content (AvgIpc) is 1.98. The summed E-state index contributed by atoms with van der Waals surface area (Å²) in [5.41, 5.74) is 2.21. The highest BCUT2D eigenvalue weighted by molar-refractivity contribution is 5.96. The first-order chi connectivity index (χ1) is 6.93. The predicted octanol–water partition coefficient (Wildman–Crippen LogP) is 4.54. The van der Waals surface area contributed by atoms with Crippen LogP contribution in [0, 0.1) is 10.8 Å². The third kappa shape index (κ3) is 5.89. The van der Waals surface area contributed by atoms with Crippen molar-refractivity contribution in [1.82, 2.24) is 0 Å². The smallest absolute Gasteiger partial charge is 0.159 e. The number of Topliss-reactive ketones (excluding diaryl/α,β-unsaturated/α-hetero) is 1. The van der Waals surface area contributed by atoms with Crippen LogP contribution in [-0.2, 0) is 4.79 Å². The fourth-order valence-corrected chi connectivity index (χ4v) is 1.16. The Morgan fingerprint density at radius 3 is 1.62 bits per heavy atom. The van der Waals surface area contributed by atoms with Gasteiger partial charge in [-0.25, -0.2) is 0 Å². The van der Waals surface area contributed by atoms with Crippen molar-refractivity contribution < 1.29 is 4.79 Å². The molecule has 1 nitrogen and oxygen atoms in total. The van der Waals surface area contributed by atoms with Gasteiger partial charge >= 0.3 is 0 Å². The van der Waals surface area contributed by atoms with Crippen LogP contribution in [0.3, 0.4) is 0 Å². The van der Waals surface area contributed by atoms with Crippen LogP contribution in [0.1, 0.15) is 55.4 Å². The van der Waals surface area contributed by atoms with Gasteiger partial charge in [-0.1, -0.05) is 59.3 Å². The first kappa shape index (κ1) is 15.2. The first-order valence-electron chi connectivity index (χ1n) is 5.86. The molecule has 0 radical (unpaired) electrons. The molecular formula is C15H26O. The summed E-state index contributed by atoms with van der Waals surface area (Å²) in [6, 6.07) is 0. The summed E-state index contributed by atoms with van der Waals surface area (Å²) in [7, 11) is 0. The molecule has 0 bridgehead atoms. The van der Waals surface area contributed by atoms with Gasteiger partial charge in [-0.3, -0.25) is 4.79 Å². The van der Waals surface area contributed by atoms with Crippen LogP contribution in [-0.4, -0.2) is 5.78 Å². The lowest BCUT2D eigenvalue weighted by atomic mass is 9.84. The van der Waals surface area contributed by atoms with E-state index in [9.17, 15) is 4.79 Å². The molecule has 0 aromatic heterocycles. The highest BCUT2D eigenvalue weighted by Crippen LogP contribution is 2.27. The van der Waals surface area contributed by atoms with E-state index < -0.39 is 0 Å². The van der Waals surface area contributed by atoms with Crippen molar-refractivity contribution in [2.45, 2.75) is 55.4 Å². The number of ketones is 1. The Balaban J connectivity index is 5.30. The maximum Gasteiger partial charge on any atom is 0.159 e. The van der Waals surface area contributed by atoms with Crippen molar-refractivity contribution >= 4 is 5.78 Å². The fraction of sp³-hybridized carbons (Fsp3) is 0.667. The van der Waals surface area contributed by atoms with Crippen LogP contribution >= 0.6 is 0 Å². The van der Waals surface area contributed by atoms with E-state index in [1.165, 1.54) is 5.57 Å². The third-order valence-corrected chi connectivity index (χ3v) is 2.55. The highest BCUT2D eigenvalue weighted by atomic mass is 16.1. The number of carbonyl (C=O) groups excluding carboxylic acids is 1. The van der Waals surface area contributed by atoms with Gasteiger partial charge in [0.2, 0.25) is 0 Å². The van der Waals surface area contributed by atoms with Crippen LogP contribution in [0.15, 0.2) is 23.3 Å². The Hall–Kier alpha value is -0.850. The standard InChI is InChI=1S/C15H26O/c1-11(15(6,7)8)9-13(12(2)16)10-14(3,4)5/h9-10H,1-8H3/b11-9-,13-10+. The molecule has 0 rings (SSSR count). The molecule has 0 aliphatic rings. The summed E-state index contributed by atoms with van der Waals surface area (Å²) in [5, 5.41) is 0. The molecule has 92 valence electrons. The van der Waals surface area contributed by atoms with E-state index in [-0.39, 0.29) is 16.6 Å². The molecule has 0 fully saturated rings. The molecule has 0 aliphatic carbocycles. The van der Waals surface area contributed by atoms with E-state index in [2.05, 4.69) is 48.5 Å². The second-order valence-electron chi connectivity index (χ2n) is 6.60. The van der Waals surface area contributed by atoms with Crippen molar-refractivity contribution in [2.24, 2.45) is 10.8 Å². The van der Waals surface area contributed by atoms with Gasteiger partial charge in [0.15, 0.2) is 5.78 Å². The van der Waals surface area contributed by atoms with Gasteiger partial charge in [0.1, 0.15) is 0 Å². The number of allylic oxidation sites excluding steroid dienone is 4. The largest absolute Gasteiger partial charge is 0.295 e. The lowest BCUT2D eigenvalue weighted by Gasteiger charge is -2.21. The number of carbonyl (C=O) groups is 1. The van der Waals surface area contributed by atoms with Crippen LogP contribution in [0.25, 0.3) is 0 Å². The number of rotatable bonds is 2. The Bertz CT molecular complexity index is 316. The molecule has 0 atom stereocenters. The maximum absolute atomic E-state index is 11.6. The predicted molar refractivity (Wildman–Crippen MR) is 71.4 cm³/mol. The van der Waals surface area contributed by atoms with Gasteiger partial charge in [0.25, 0.3) is 0 Å². The zero-order valence-corrected chi connectivity index (χ0v) is 12.1. The minimum Gasteiger partial charge on any atom is -0.295 e. The zero-order valence-electron chi connectivity index (χ0n) is 12.1. The van der Waals surface area contributed by atoms with Crippen molar-refractivity contribution in [3.05, 3.63) is 23.3 Å². The average molecular weight is 222 g/mol. The summed E-state index contributed by atoms with van der Waals surface area (Å²) in [4.78, 5) is 11.6. The summed E-state index contributed by atoms with van der Waals surface area (Å²) < 4.78 is 0. The first-order valence-corrected chi connectivity index (χ1v) is 5.86. The van der Waals surface area contributed by atoms with Crippen LogP contribution in [0.5, 0.6) is 0 Å². The molecule has 0 unspecified atom stereocenters. The Morgan fingerprint density at radius 2 is 1.38 bits per heavy atom. The molecule has 0 saturated heterocycles. The fourth-order valence-electron chi connectivity index (χ4n) is 1.16. The van der Waals surface area contributed by atoms with Crippen LogP contribution in [0.4, 0.5) is 0 Å². The normalized spacial score (nSPS) is 15.2.